The highest BCUT2D eigenvalue weighted by atomic mass is 79.9. The van der Waals surface area contributed by atoms with Gasteiger partial charge in [0, 0.05) is 40.2 Å². The molecule has 0 aliphatic heterocycles. The summed E-state index contributed by atoms with van der Waals surface area (Å²) in [6.07, 6.45) is 6.99. The maximum atomic E-state index is 10.9. The zero-order valence-corrected chi connectivity index (χ0v) is 20.0. The minimum Gasteiger partial charge on any atom is -0.481 e. The fourth-order valence-corrected chi connectivity index (χ4v) is 4.77. The van der Waals surface area contributed by atoms with Crippen LogP contribution >= 0.6 is 27.7 Å². The molecule has 0 saturated heterocycles. The first-order valence-corrected chi connectivity index (χ1v) is 11.8. The quantitative estimate of drug-likeness (QED) is 0.294. The summed E-state index contributed by atoms with van der Waals surface area (Å²) < 4.78 is 2.23. The number of nitrogens with zero attached hydrogens (tertiary/aromatic N) is 5. The van der Waals surface area contributed by atoms with Crippen molar-refractivity contribution >= 4 is 45.1 Å². The second-order valence-electron chi connectivity index (χ2n) is 7.40. The average molecular weight is 533 g/mol. The Labute approximate surface area is 207 Å². The van der Waals surface area contributed by atoms with Crippen LogP contribution in [0.5, 0.6) is 0 Å². The number of aliphatic carboxylic acids is 1. The molecule has 4 aromatic heterocycles. The number of anilines is 1. The van der Waals surface area contributed by atoms with E-state index in [1.807, 2.05) is 36.4 Å². The van der Waals surface area contributed by atoms with Crippen molar-refractivity contribution in [1.82, 2.24) is 24.6 Å². The highest BCUT2D eigenvalue weighted by molar-refractivity contribution is 9.10. The summed E-state index contributed by atoms with van der Waals surface area (Å²) in [5, 5.41) is 14.1. The summed E-state index contributed by atoms with van der Waals surface area (Å²) in [7, 11) is 0. The largest absolute Gasteiger partial charge is 0.481 e. The number of pyridine rings is 2. The lowest BCUT2D eigenvalue weighted by molar-refractivity contribution is -0.136. The van der Waals surface area contributed by atoms with Crippen LogP contribution in [-0.2, 0) is 11.2 Å². The predicted octanol–water partition coefficient (Wildman–Crippen LogP) is 4.98. The van der Waals surface area contributed by atoms with E-state index in [0.717, 1.165) is 32.8 Å². The van der Waals surface area contributed by atoms with E-state index < -0.39 is 5.97 Å². The Balaban J connectivity index is 1.49. The van der Waals surface area contributed by atoms with Crippen molar-refractivity contribution in [1.29, 1.82) is 0 Å². The summed E-state index contributed by atoms with van der Waals surface area (Å²) in [5.74, 6) is -0.430. The van der Waals surface area contributed by atoms with E-state index in [1.54, 1.807) is 41.4 Å². The summed E-state index contributed by atoms with van der Waals surface area (Å²) in [5.41, 5.74) is 11.1. The van der Waals surface area contributed by atoms with Gasteiger partial charge in [-0.25, -0.2) is 4.98 Å². The fourth-order valence-electron chi connectivity index (χ4n) is 3.44. The molecule has 0 radical (unpaired) electrons. The molecule has 1 aromatic carbocycles. The van der Waals surface area contributed by atoms with E-state index in [0.29, 0.717) is 21.0 Å². The standard InChI is InChI=1S/C24H17BrN6O2S/c25-21-22(26)31-23(30-24(21)34-17-6-3-14(4-7-17)10-20(32)33)18(13-29-31)15-5-8-19(28-12-15)16-2-1-9-27-11-16/h1-9,11-13H,10,26H2,(H,32,33). The first-order valence-electron chi connectivity index (χ1n) is 10.2. The monoisotopic (exact) mass is 532 g/mol. The summed E-state index contributed by atoms with van der Waals surface area (Å²) in [6.45, 7) is 0. The third-order valence-electron chi connectivity index (χ3n) is 5.12. The summed E-state index contributed by atoms with van der Waals surface area (Å²) in [6, 6.07) is 15.1. The van der Waals surface area contributed by atoms with Gasteiger partial charge in [0.15, 0.2) is 5.65 Å². The number of hydrogen-bond donors (Lipinski definition) is 2. The minimum absolute atomic E-state index is 0.0153. The Morgan fingerprint density at radius 3 is 2.56 bits per heavy atom. The van der Waals surface area contributed by atoms with Crippen LogP contribution in [0.25, 0.3) is 28.0 Å². The zero-order chi connectivity index (χ0) is 23.7. The maximum Gasteiger partial charge on any atom is 0.307 e. The molecule has 0 bridgehead atoms. The van der Waals surface area contributed by atoms with Crippen molar-refractivity contribution in [3.05, 3.63) is 83.4 Å². The molecule has 0 saturated carbocycles. The van der Waals surface area contributed by atoms with E-state index >= 15 is 0 Å². The zero-order valence-electron chi connectivity index (χ0n) is 17.6. The smallest absolute Gasteiger partial charge is 0.307 e. The van der Waals surface area contributed by atoms with Gasteiger partial charge in [-0.3, -0.25) is 14.8 Å². The number of hydrogen-bond acceptors (Lipinski definition) is 7. The number of rotatable bonds is 6. The number of carboxylic acids is 1. The van der Waals surface area contributed by atoms with Crippen molar-refractivity contribution in [2.24, 2.45) is 0 Å². The van der Waals surface area contributed by atoms with Crippen molar-refractivity contribution in [3.8, 4) is 22.4 Å². The number of benzene rings is 1. The van der Waals surface area contributed by atoms with Gasteiger partial charge in [0.2, 0.25) is 0 Å². The molecule has 0 aliphatic rings. The van der Waals surface area contributed by atoms with E-state index in [2.05, 4.69) is 31.0 Å². The predicted molar refractivity (Wildman–Crippen MR) is 133 cm³/mol. The molecule has 0 amide bonds. The molecule has 5 aromatic rings. The SMILES string of the molecule is Nc1c(Br)c(Sc2ccc(CC(=O)O)cc2)nc2c(-c3ccc(-c4cccnc4)nc3)cnn12. The molecule has 5 rings (SSSR count). The second-order valence-corrected chi connectivity index (χ2v) is 9.26. The highest BCUT2D eigenvalue weighted by Crippen LogP contribution is 2.37. The molecule has 0 spiro atoms. The lowest BCUT2D eigenvalue weighted by Crippen LogP contribution is -2.03. The Bertz CT molecular complexity index is 1490. The van der Waals surface area contributed by atoms with Crippen LogP contribution in [-0.4, -0.2) is 35.6 Å². The van der Waals surface area contributed by atoms with Gasteiger partial charge in [-0.2, -0.15) is 9.61 Å². The molecule has 10 heteroatoms. The molecule has 34 heavy (non-hydrogen) atoms. The van der Waals surface area contributed by atoms with Crippen molar-refractivity contribution in [2.75, 3.05) is 5.73 Å². The number of nitrogen functional groups attached to an aromatic ring is 1. The van der Waals surface area contributed by atoms with Gasteiger partial charge in [-0.15, -0.1) is 0 Å². The van der Waals surface area contributed by atoms with E-state index in [4.69, 9.17) is 15.8 Å². The van der Waals surface area contributed by atoms with Gasteiger partial charge in [0.05, 0.1) is 22.8 Å². The molecular formula is C24H17BrN6O2S. The van der Waals surface area contributed by atoms with Crippen LogP contribution in [0.15, 0.2) is 87.7 Å². The Morgan fingerprint density at radius 2 is 1.88 bits per heavy atom. The lowest BCUT2D eigenvalue weighted by atomic mass is 10.1. The first-order chi connectivity index (χ1) is 16.5. The maximum absolute atomic E-state index is 10.9. The summed E-state index contributed by atoms with van der Waals surface area (Å²) >= 11 is 4.97. The number of aromatic nitrogens is 5. The Kier molecular flexibility index (Phi) is 5.99. The van der Waals surface area contributed by atoms with Crippen LogP contribution in [0.4, 0.5) is 5.82 Å². The van der Waals surface area contributed by atoms with E-state index in [-0.39, 0.29) is 6.42 Å². The van der Waals surface area contributed by atoms with Gasteiger partial charge in [-0.1, -0.05) is 30.0 Å². The lowest BCUT2D eigenvalue weighted by Gasteiger charge is -2.09. The van der Waals surface area contributed by atoms with Crippen LogP contribution in [0.1, 0.15) is 5.56 Å². The Hall–Kier alpha value is -3.76. The van der Waals surface area contributed by atoms with E-state index in [1.165, 1.54) is 11.8 Å². The minimum atomic E-state index is -0.862. The summed E-state index contributed by atoms with van der Waals surface area (Å²) in [4.78, 5) is 25.4. The molecule has 0 atom stereocenters. The second kappa shape index (κ2) is 9.24. The molecule has 0 fully saturated rings. The van der Waals surface area contributed by atoms with Gasteiger partial charge in [0.25, 0.3) is 0 Å². The van der Waals surface area contributed by atoms with Gasteiger partial charge < -0.3 is 10.8 Å². The molecule has 4 heterocycles. The number of fused-ring (bicyclic) bond motifs is 1. The van der Waals surface area contributed by atoms with Gasteiger partial charge in [0.1, 0.15) is 10.8 Å². The molecule has 3 N–H and O–H groups in total. The van der Waals surface area contributed by atoms with Crippen molar-refractivity contribution in [3.63, 3.8) is 0 Å². The van der Waals surface area contributed by atoms with Crippen molar-refractivity contribution < 1.29 is 9.90 Å². The Morgan fingerprint density at radius 1 is 1.06 bits per heavy atom. The molecule has 168 valence electrons. The first kappa shape index (κ1) is 22.1. The van der Waals surface area contributed by atoms with Crippen LogP contribution in [0, 0.1) is 0 Å². The molecular weight excluding hydrogens is 516 g/mol. The molecule has 0 unspecified atom stereocenters. The van der Waals surface area contributed by atoms with Crippen LogP contribution in [0.3, 0.4) is 0 Å². The third-order valence-corrected chi connectivity index (χ3v) is 7.16. The third kappa shape index (κ3) is 4.37. The van der Waals surface area contributed by atoms with Gasteiger partial charge in [-0.05, 0) is 51.8 Å². The number of carboxylic acid groups (broad SMARTS) is 1. The average Bonchev–Trinajstić information content (AvgIpc) is 3.28. The van der Waals surface area contributed by atoms with Crippen LogP contribution in [0.2, 0.25) is 0 Å². The molecule has 0 aliphatic carbocycles. The molecule has 8 nitrogen and oxygen atoms in total. The van der Waals surface area contributed by atoms with Crippen molar-refractivity contribution in [2.45, 2.75) is 16.3 Å². The normalized spacial score (nSPS) is 11.1. The van der Waals surface area contributed by atoms with Crippen LogP contribution < -0.4 is 5.73 Å². The fraction of sp³-hybridized carbons (Fsp3) is 0.0417. The number of nitrogens with two attached hydrogens (primary N) is 1. The number of halogens is 1. The number of carbonyl (C=O) groups is 1. The van der Waals surface area contributed by atoms with Gasteiger partial charge >= 0.3 is 5.97 Å². The topological polar surface area (TPSA) is 119 Å². The highest BCUT2D eigenvalue weighted by Gasteiger charge is 2.17. The van der Waals surface area contributed by atoms with E-state index in [9.17, 15) is 4.79 Å².